The molecule has 6 nitrogen and oxygen atoms in total. The van der Waals surface area contributed by atoms with Crippen molar-refractivity contribution in [1.29, 1.82) is 0 Å². The molecule has 0 aliphatic heterocycles. The predicted molar refractivity (Wildman–Crippen MR) is 112 cm³/mol. The van der Waals surface area contributed by atoms with E-state index in [1.165, 1.54) is 0 Å². The second-order valence-electron chi connectivity index (χ2n) is 6.34. The highest BCUT2D eigenvalue weighted by Crippen LogP contribution is 2.27. The largest absolute Gasteiger partial charge is 0.492 e. The van der Waals surface area contributed by atoms with E-state index in [4.69, 9.17) is 4.74 Å². The third kappa shape index (κ3) is 4.88. The summed E-state index contributed by atoms with van der Waals surface area (Å²) < 4.78 is 5.67. The van der Waals surface area contributed by atoms with E-state index in [2.05, 4.69) is 37.6 Å². The maximum absolute atomic E-state index is 5.67. The van der Waals surface area contributed by atoms with Crippen molar-refractivity contribution < 1.29 is 4.74 Å². The van der Waals surface area contributed by atoms with Crippen molar-refractivity contribution in [3.8, 4) is 5.75 Å². The number of benzene rings is 2. The van der Waals surface area contributed by atoms with E-state index in [-0.39, 0.29) is 0 Å². The van der Waals surface area contributed by atoms with Gasteiger partial charge in [0.25, 0.3) is 0 Å². The van der Waals surface area contributed by atoms with Crippen LogP contribution in [0.3, 0.4) is 0 Å². The fourth-order valence-electron chi connectivity index (χ4n) is 2.65. The summed E-state index contributed by atoms with van der Waals surface area (Å²) in [4.78, 5) is 11.1. The minimum absolute atomic E-state index is 0.545. The lowest BCUT2D eigenvalue weighted by atomic mass is 10.2. The van der Waals surface area contributed by atoms with Gasteiger partial charge in [0.1, 0.15) is 11.6 Å². The van der Waals surface area contributed by atoms with Gasteiger partial charge in [0, 0.05) is 37.2 Å². The first-order valence-corrected chi connectivity index (χ1v) is 8.94. The normalized spacial score (nSPS) is 10.4. The van der Waals surface area contributed by atoms with Gasteiger partial charge in [0.05, 0.1) is 12.3 Å². The Morgan fingerprint density at radius 3 is 2.41 bits per heavy atom. The summed E-state index contributed by atoms with van der Waals surface area (Å²) >= 11 is 0. The van der Waals surface area contributed by atoms with Crippen LogP contribution < -0.4 is 20.3 Å². The minimum atomic E-state index is 0.545. The number of hydrogen-bond acceptors (Lipinski definition) is 6. The Balaban J connectivity index is 1.80. The van der Waals surface area contributed by atoms with Crippen molar-refractivity contribution in [2.24, 2.45) is 0 Å². The summed E-state index contributed by atoms with van der Waals surface area (Å²) in [5.74, 6) is 2.05. The van der Waals surface area contributed by atoms with E-state index in [0.717, 1.165) is 28.5 Å². The maximum Gasteiger partial charge on any atom is 0.229 e. The second-order valence-corrected chi connectivity index (χ2v) is 6.34. The molecule has 0 fully saturated rings. The average Bonchev–Trinajstić information content (AvgIpc) is 2.63. The number of hydrogen-bond donors (Lipinski definition) is 2. The van der Waals surface area contributed by atoms with Gasteiger partial charge in [0.2, 0.25) is 5.95 Å². The fraction of sp³-hybridized carbons (Fsp3) is 0.238. The molecule has 2 aromatic carbocycles. The molecule has 0 saturated heterocycles. The molecule has 3 aromatic rings. The second kappa shape index (κ2) is 8.40. The van der Waals surface area contributed by atoms with Crippen LogP contribution in [0.1, 0.15) is 12.6 Å². The Kier molecular flexibility index (Phi) is 5.76. The van der Waals surface area contributed by atoms with Crippen molar-refractivity contribution in [2.45, 2.75) is 13.8 Å². The highest BCUT2D eigenvalue weighted by molar-refractivity contribution is 5.66. The van der Waals surface area contributed by atoms with E-state index >= 15 is 0 Å². The van der Waals surface area contributed by atoms with E-state index in [1.54, 1.807) is 0 Å². The summed E-state index contributed by atoms with van der Waals surface area (Å²) in [6.45, 7) is 4.52. The summed E-state index contributed by atoms with van der Waals surface area (Å²) in [7, 11) is 4.04. The van der Waals surface area contributed by atoms with Crippen LogP contribution in [0.2, 0.25) is 0 Å². The van der Waals surface area contributed by atoms with Crippen LogP contribution >= 0.6 is 0 Å². The molecule has 0 radical (unpaired) electrons. The highest BCUT2D eigenvalue weighted by atomic mass is 16.5. The summed E-state index contributed by atoms with van der Waals surface area (Å²) in [5.41, 5.74) is 3.82. The van der Waals surface area contributed by atoms with Crippen LogP contribution in [0.25, 0.3) is 0 Å². The molecule has 0 atom stereocenters. The van der Waals surface area contributed by atoms with Crippen LogP contribution in [-0.2, 0) is 0 Å². The number of anilines is 5. The molecule has 140 valence electrons. The lowest BCUT2D eigenvalue weighted by Gasteiger charge is -2.14. The molecule has 2 N–H and O–H groups in total. The van der Waals surface area contributed by atoms with E-state index in [1.807, 2.05) is 70.4 Å². The van der Waals surface area contributed by atoms with Crippen molar-refractivity contribution in [3.05, 3.63) is 60.3 Å². The van der Waals surface area contributed by atoms with Gasteiger partial charge >= 0.3 is 0 Å². The Morgan fingerprint density at radius 1 is 0.963 bits per heavy atom. The minimum Gasteiger partial charge on any atom is -0.492 e. The molecule has 1 heterocycles. The van der Waals surface area contributed by atoms with E-state index in [9.17, 15) is 0 Å². The number of aromatic nitrogens is 2. The van der Waals surface area contributed by atoms with Gasteiger partial charge in [-0.05, 0) is 50.2 Å². The van der Waals surface area contributed by atoms with Gasteiger partial charge in [0.15, 0.2) is 0 Å². The number of para-hydroxylation sites is 2. The predicted octanol–water partition coefficient (Wildman–Crippen LogP) is 4.74. The first-order valence-electron chi connectivity index (χ1n) is 8.94. The molecular formula is C21H25N5O. The van der Waals surface area contributed by atoms with Gasteiger partial charge in [-0.25, -0.2) is 4.98 Å². The summed E-state index contributed by atoms with van der Waals surface area (Å²) in [6, 6.07) is 17.8. The molecule has 6 heteroatoms. The zero-order chi connectivity index (χ0) is 19.2. The zero-order valence-corrected chi connectivity index (χ0v) is 16.2. The summed E-state index contributed by atoms with van der Waals surface area (Å²) in [5, 5.41) is 6.59. The summed E-state index contributed by atoms with van der Waals surface area (Å²) in [6.07, 6.45) is 0. The fourth-order valence-corrected chi connectivity index (χ4v) is 2.65. The molecule has 27 heavy (non-hydrogen) atoms. The van der Waals surface area contributed by atoms with Crippen molar-refractivity contribution in [1.82, 2.24) is 9.97 Å². The molecule has 0 aliphatic rings. The number of rotatable bonds is 7. The van der Waals surface area contributed by atoms with Crippen molar-refractivity contribution in [3.63, 3.8) is 0 Å². The maximum atomic E-state index is 5.67. The number of nitrogens with zero attached hydrogens (tertiary/aromatic N) is 3. The molecule has 0 saturated carbocycles. The molecule has 0 bridgehead atoms. The van der Waals surface area contributed by atoms with Gasteiger partial charge in [-0.2, -0.15) is 4.98 Å². The lowest BCUT2D eigenvalue weighted by Crippen LogP contribution is -2.08. The average molecular weight is 363 g/mol. The van der Waals surface area contributed by atoms with Gasteiger partial charge in [-0.15, -0.1) is 0 Å². The van der Waals surface area contributed by atoms with Crippen LogP contribution in [-0.4, -0.2) is 30.7 Å². The van der Waals surface area contributed by atoms with Gasteiger partial charge in [-0.3, -0.25) is 0 Å². The lowest BCUT2D eigenvalue weighted by molar-refractivity contribution is 0.342. The van der Waals surface area contributed by atoms with Crippen molar-refractivity contribution in [2.75, 3.05) is 36.2 Å². The van der Waals surface area contributed by atoms with Crippen LogP contribution in [0, 0.1) is 6.92 Å². The first kappa shape index (κ1) is 18.5. The molecule has 1 aromatic heterocycles. The zero-order valence-electron chi connectivity index (χ0n) is 16.2. The van der Waals surface area contributed by atoms with E-state index in [0.29, 0.717) is 18.4 Å². The monoisotopic (exact) mass is 363 g/mol. The molecule has 0 aliphatic carbocycles. The highest BCUT2D eigenvalue weighted by Gasteiger charge is 2.07. The topological polar surface area (TPSA) is 62.3 Å². The molecule has 0 spiro atoms. The molecule has 3 rings (SSSR count). The Bertz CT molecular complexity index is 893. The van der Waals surface area contributed by atoms with Crippen LogP contribution in [0.15, 0.2) is 54.6 Å². The van der Waals surface area contributed by atoms with Gasteiger partial charge < -0.3 is 20.3 Å². The van der Waals surface area contributed by atoms with Crippen LogP contribution in [0.5, 0.6) is 5.75 Å². The standard InChI is InChI=1S/C21H25N5O/c1-5-27-19-9-7-6-8-18(19)24-20-14-15(2)22-21(25-20)23-16-10-12-17(13-11-16)26(3)4/h6-14H,5H2,1-4H3,(H2,22,23,24,25). The third-order valence-electron chi connectivity index (χ3n) is 3.94. The quantitative estimate of drug-likeness (QED) is 0.632. The first-order chi connectivity index (χ1) is 13.0. The Morgan fingerprint density at radius 2 is 1.70 bits per heavy atom. The molecule has 0 amide bonds. The SMILES string of the molecule is CCOc1ccccc1Nc1cc(C)nc(Nc2ccc(N(C)C)cc2)n1. The number of aryl methyl sites for hydroxylation is 1. The molecular weight excluding hydrogens is 338 g/mol. The van der Waals surface area contributed by atoms with E-state index < -0.39 is 0 Å². The van der Waals surface area contributed by atoms with Crippen LogP contribution in [0.4, 0.5) is 28.8 Å². The Labute approximate surface area is 160 Å². The third-order valence-corrected chi connectivity index (χ3v) is 3.94. The number of ether oxygens (including phenoxy) is 1. The smallest absolute Gasteiger partial charge is 0.229 e. The molecule has 0 unspecified atom stereocenters. The van der Waals surface area contributed by atoms with Crippen molar-refractivity contribution >= 4 is 28.8 Å². The number of nitrogens with one attached hydrogen (secondary N) is 2. The van der Waals surface area contributed by atoms with Gasteiger partial charge in [-0.1, -0.05) is 12.1 Å². The Hall–Kier alpha value is -3.28.